The lowest BCUT2D eigenvalue weighted by Gasteiger charge is -2.45. The fourth-order valence-corrected chi connectivity index (χ4v) is 4.64. The molecule has 4 saturated heterocycles. The first kappa shape index (κ1) is 24.1. The third-order valence-corrected chi connectivity index (χ3v) is 7.40. The Kier molecular flexibility index (Phi) is 10.7. The van der Waals surface area contributed by atoms with E-state index in [-0.39, 0.29) is 0 Å². The minimum absolute atomic E-state index is 0.735. The van der Waals surface area contributed by atoms with E-state index in [0.717, 1.165) is 5.41 Å². The number of rotatable bonds is 0. The smallest absolute Gasteiger partial charge is 0.0107 e. The second-order valence-corrected chi connectivity index (χ2v) is 10.1. The Bertz CT molecular complexity index is 352. The van der Waals surface area contributed by atoms with Gasteiger partial charge in [0.25, 0.3) is 0 Å². The van der Waals surface area contributed by atoms with Gasteiger partial charge in [0, 0.05) is 26.2 Å². The maximum Gasteiger partial charge on any atom is 0.0107 e. The molecule has 0 radical (unpaired) electrons. The minimum atomic E-state index is 0.735. The average molecular weight is 396 g/mol. The number of likely N-dealkylation sites (tertiary alicyclic amines) is 3. The number of piperazine rings is 1. The molecule has 4 fully saturated rings. The Labute approximate surface area is 176 Å². The number of hydrogen-bond acceptors (Lipinski definition) is 5. The van der Waals surface area contributed by atoms with E-state index in [1.807, 2.05) is 0 Å². The van der Waals surface area contributed by atoms with E-state index in [1.165, 1.54) is 110 Å². The highest BCUT2D eigenvalue weighted by atomic mass is 15.2. The number of piperidine rings is 3. The largest absolute Gasteiger partial charge is 0.306 e. The molecule has 0 aromatic rings. The van der Waals surface area contributed by atoms with Gasteiger partial charge in [-0.05, 0) is 118 Å². The van der Waals surface area contributed by atoms with Crippen molar-refractivity contribution in [2.75, 3.05) is 101 Å². The molecule has 4 rings (SSSR count). The molecule has 4 heterocycles. The van der Waals surface area contributed by atoms with Crippen molar-refractivity contribution in [1.82, 2.24) is 24.5 Å². The van der Waals surface area contributed by atoms with E-state index < -0.39 is 0 Å². The molecule has 0 saturated carbocycles. The lowest BCUT2D eigenvalue weighted by Crippen LogP contribution is -2.44. The summed E-state index contributed by atoms with van der Waals surface area (Å²) in [6.07, 6.45) is 10.0. The summed E-state index contributed by atoms with van der Waals surface area (Å²) in [7, 11) is 11.0. The molecule has 0 aromatic heterocycles. The first-order valence-corrected chi connectivity index (χ1v) is 11.8. The summed E-state index contributed by atoms with van der Waals surface area (Å²) in [6, 6.07) is 0. The van der Waals surface area contributed by atoms with Crippen LogP contribution < -0.4 is 0 Å². The van der Waals surface area contributed by atoms with Crippen molar-refractivity contribution >= 4 is 0 Å². The summed E-state index contributed by atoms with van der Waals surface area (Å²) in [6.45, 7) is 12.9. The van der Waals surface area contributed by atoms with Gasteiger partial charge in [-0.25, -0.2) is 0 Å². The highest BCUT2D eigenvalue weighted by Gasteiger charge is 2.35. The maximum atomic E-state index is 2.48. The summed E-state index contributed by atoms with van der Waals surface area (Å²) in [5, 5.41) is 0. The molecule has 4 aliphatic heterocycles. The van der Waals surface area contributed by atoms with Crippen molar-refractivity contribution in [3.8, 4) is 0 Å². The third-order valence-electron chi connectivity index (χ3n) is 7.40. The van der Waals surface area contributed by atoms with Gasteiger partial charge in [-0.1, -0.05) is 6.42 Å². The van der Waals surface area contributed by atoms with Crippen LogP contribution in [-0.4, -0.2) is 125 Å². The van der Waals surface area contributed by atoms with E-state index >= 15 is 0 Å². The molecular formula is C23H49N5. The van der Waals surface area contributed by atoms with Gasteiger partial charge >= 0.3 is 0 Å². The van der Waals surface area contributed by atoms with Gasteiger partial charge in [0.05, 0.1) is 0 Å². The SMILES string of the molecule is CN1CCC2(CC1)CCN(C)CC2.CN1CCCCC1.CN1CCN(C)CC1. The molecule has 166 valence electrons. The van der Waals surface area contributed by atoms with Gasteiger partial charge in [-0.3, -0.25) is 0 Å². The molecule has 4 aliphatic rings. The van der Waals surface area contributed by atoms with Crippen LogP contribution in [-0.2, 0) is 0 Å². The van der Waals surface area contributed by atoms with Crippen LogP contribution >= 0.6 is 0 Å². The predicted molar refractivity (Wildman–Crippen MR) is 122 cm³/mol. The lowest BCUT2D eigenvalue weighted by molar-refractivity contribution is 0.0519. The molecule has 1 spiro atoms. The van der Waals surface area contributed by atoms with Crippen LogP contribution in [0.25, 0.3) is 0 Å². The maximum absolute atomic E-state index is 2.48. The Hall–Kier alpha value is -0.200. The van der Waals surface area contributed by atoms with Gasteiger partial charge in [-0.2, -0.15) is 0 Å². The van der Waals surface area contributed by atoms with Crippen LogP contribution in [0, 0.1) is 5.41 Å². The Morgan fingerprint density at radius 3 is 0.929 bits per heavy atom. The molecule has 0 atom stereocenters. The van der Waals surface area contributed by atoms with Gasteiger partial charge in [0.2, 0.25) is 0 Å². The molecule has 0 unspecified atom stereocenters. The monoisotopic (exact) mass is 395 g/mol. The minimum Gasteiger partial charge on any atom is -0.306 e. The van der Waals surface area contributed by atoms with Crippen molar-refractivity contribution in [2.24, 2.45) is 5.41 Å². The quantitative estimate of drug-likeness (QED) is 0.624. The van der Waals surface area contributed by atoms with Crippen molar-refractivity contribution in [3.05, 3.63) is 0 Å². The number of likely N-dealkylation sites (N-methyl/N-ethyl adjacent to an activating group) is 2. The van der Waals surface area contributed by atoms with Crippen LogP contribution in [0.4, 0.5) is 0 Å². The lowest BCUT2D eigenvalue weighted by atomic mass is 9.71. The highest BCUT2D eigenvalue weighted by molar-refractivity contribution is 4.89. The van der Waals surface area contributed by atoms with Gasteiger partial charge in [0.1, 0.15) is 0 Å². The second-order valence-electron chi connectivity index (χ2n) is 10.1. The summed E-state index contributed by atoms with van der Waals surface area (Å²) in [5.41, 5.74) is 0.735. The zero-order valence-electron chi connectivity index (χ0n) is 19.8. The Morgan fingerprint density at radius 2 is 0.643 bits per heavy atom. The normalized spacial score (nSPS) is 28.2. The third kappa shape index (κ3) is 9.08. The van der Waals surface area contributed by atoms with Gasteiger partial charge in [0.15, 0.2) is 0 Å². The summed E-state index contributed by atoms with van der Waals surface area (Å²) >= 11 is 0. The fourth-order valence-electron chi connectivity index (χ4n) is 4.64. The molecule has 0 aliphatic carbocycles. The van der Waals surface area contributed by atoms with Crippen molar-refractivity contribution in [3.63, 3.8) is 0 Å². The Morgan fingerprint density at radius 1 is 0.357 bits per heavy atom. The average Bonchev–Trinajstić information content (AvgIpc) is 2.71. The first-order valence-electron chi connectivity index (χ1n) is 11.8. The van der Waals surface area contributed by atoms with Crippen LogP contribution in [0.15, 0.2) is 0 Å². The first-order chi connectivity index (χ1) is 13.4. The number of nitrogens with zero attached hydrogens (tertiary/aromatic N) is 5. The van der Waals surface area contributed by atoms with E-state index in [9.17, 15) is 0 Å². The summed E-state index contributed by atoms with van der Waals surface area (Å²) in [5.74, 6) is 0. The van der Waals surface area contributed by atoms with Crippen molar-refractivity contribution in [2.45, 2.75) is 44.9 Å². The summed E-state index contributed by atoms with van der Waals surface area (Å²) < 4.78 is 0. The number of hydrogen-bond donors (Lipinski definition) is 0. The van der Waals surface area contributed by atoms with E-state index in [4.69, 9.17) is 0 Å². The van der Waals surface area contributed by atoms with Crippen LogP contribution in [0.2, 0.25) is 0 Å². The van der Waals surface area contributed by atoms with Gasteiger partial charge < -0.3 is 24.5 Å². The zero-order valence-corrected chi connectivity index (χ0v) is 19.8. The molecule has 28 heavy (non-hydrogen) atoms. The van der Waals surface area contributed by atoms with E-state index in [0.29, 0.717) is 0 Å². The molecule has 0 aromatic carbocycles. The standard InChI is InChI=1S/C11H22N2.C6H14N2.C6H13N/c1-12-7-3-11(4-8-12)5-9-13(2)10-6-11;1-7-3-5-8(2)6-4-7;1-7-5-3-2-4-6-7/h3-10H2,1-2H3;3-6H2,1-2H3;2-6H2,1H3. The van der Waals surface area contributed by atoms with E-state index in [1.54, 1.807) is 0 Å². The van der Waals surface area contributed by atoms with Crippen LogP contribution in [0.3, 0.4) is 0 Å². The topological polar surface area (TPSA) is 16.2 Å². The molecule has 0 bridgehead atoms. The molecular weight excluding hydrogens is 346 g/mol. The Balaban J connectivity index is 0.000000161. The fraction of sp³-hybridized carbons (Fsp3) is 1.00. The molecule has 5 heteroatoms. The zero-order chi connectivity index (χ0) is 20.4. The van der Waals surface area contributed by atoms with E-state index in [2.05, 4.69) is 59.7 Å². The second kappa shape index (κ2) is 12.5. The molecule has 0 amide bonds. The molecule has 5 nitrogen and oxygen atoms in total. The van der Waals surface area contributed by atoms with Crippen LogP contribution in [0.1, 0.15) is 44.9 Å². The van der Waals surface area contributed by atoms with Crippen molar-refractivity contribution in [1.29, 1.82) is 0 Å². The molecule has 0 N–H and O–H groups in total. The van der Waals surface area contributed by atoms with Gasteiger partial charge in [-0.15, -0.1) is 0 Å². The predicted octanol–water partition coefficient (Wildman–Crippen LogP) is 2.39. The van der Waals surface area contributed by atoms with Crippen molar-refractivity contribution < 1.29 is 0 Å². The highest BCUT2D eigenvalue weighted by Crippen LogP contribution is 2.40. The van der Waals surface area contributed by atoms with Crippen LogP contribution in [0.5, 0.6) is 0 Å². The summed E-state index contributed by atoms with van der Waals surface area (Å²) in [4.78, 5) is 12.1.